The first-order valence-corrected chi connectivity index (χ1v) is 6.39. The zero-order valence-corrected chi connectivity index (χ0v) is 11.7. The van der Waals surface area contributed by atoms with E-state index in [1.807, 2.05) is 37.4 Å². The van der Waals surface area contributed by atoms with E-state index in [0.29, 0.717) is 0 Å². The standard InChI is InChI=1S/C14H15BrN2O/c1-17(12-3-2-4-13(18)8-12)9-10-5-6-11(16)7-14(10)15/h2-8,18H,9,16H2,1H3. The molecule has 2 aromatic carbocycles. The van der Waals surface area contributed by atoms with Crippen LogP contribution in [0.25, 0.3) is 0 Å². The highest BCUT2D eigenvalue weighted by Gasteiger charge is 2.06. The molecule has 2 rings (SSSR count). The quantitative estimate of drug-likeness (QED) is 0.855. The van der Waals surface area contributed by atoms with Crippen molar-refractivity contribution in [3.63, 3.8) is 0 Å². The van der Waals surface area contributed by atoms with E-state index < -0.39 is 0 Å². The van der Waals surface area contributed by atoms with E-state index in [9.17, 15) is 5.11 Å². The molecule has 0 atom stereocenters. The first-order valence-electron chi connectivity index (χ1n) is 5.60. The third-order valence-corrected chi connectivity index (χ3v) is 3.49. The molecule has 0 radical (unpaired) electrons. The number of aromatic hydroxyl groups is 1. The summed E-state index contributed by atoms with van der Waals surface area (Å²) in [6.45, 7) is 0.740. The second kappa shape index (κ2) is 5.31. The van der Waals surface area contributed by atoms with Gasteiger partial charge in [-0.05, 0) is 29.8 Å². The van der Waals surface area contributed by atoms with Crippen LogP contribution in [0, 0.1) is 0 Å². The van der Waals surface area contributed by atoms with E-state index in [1.54, 1.807) is 12.1 Å². The van der Waals surface area contributed by atoms with Gasteiger partial charge < -0.3 is 15.7 Å². The van der Waals surface area contributed by atoms with Crippen LogP contribution in [-0.4, -0.2) is 12.2 Å². The van der Waals surface area contributed by atoms with Crippen LogP contribution in [0.15, 0.2) is 46.9 Å². The van der Waals surface area contributed by atoms with Crippen LogP contribution in [0.2, 0.25) is 0 Å². The number of anilines is 2. The van der Waals surface area contributed by atoms with Crippen molar-refractivity contribution >= 4 is 27.3 Å². The fraction of sp³-hybridized carbons (Fsp3) is 0.143. The maximum atomic E-state index is 9.47. The molecule has 0 fully saturated rings. The first-order chi connectivity index (χ1) is 8.56. The van der Waals surface area contributed by atoms with Gasteiger partial charge in [0.25, 0.3) is 0 Å². The fourth-order valence-electron chi connectivity index (χ4n) is 1.77. The summed E-state index contributed by atoms with van der Waals surface area (Å²) in [5.74, 6) is 0.274. The van der Waals surface area contributed by atoms with E-state index in [2.05, 4.69) is 20.8 Å². The normalized spacial score (nSPS) is 10.3. The molecule has 4 heteroatoms. The molecule has 0 aliphatic heterocycles. The van der Waals surface area contributed by atoms with E-state index >= 15 is 0 Å². The third-order valence-electron chi connectivity index (χ3n) is 2.76. The van der Waals surface area contributed by atoms with Crippen molar-refractivity contribution < 1.29 is 5.11 Å². The lowest BCUT2D eigenvalue weighted by Gasteiger charge is -2.20. The van der Waals surface area contributed by atoms with Gasteiger partial charge >= 0.3 is 0 Å². The summed E-state index contributed by atoms with van der Waals surface area (Å²) in [7, 11) is 1.98. The third kappa shape index (κ3) is 2.96. The van der Waals surface area contributed by atoms with Gasteiger partial charge in [0, 0.05) is 35.5 Å². The van der Waals surface area contributed by atoms with Crippen molar-refractivity contribution in [2.45, 2.75) is 6.54 Å². The Morgan fingerprint density at radius 2 is 2.00 bits per heavy atom. The molecule has 2 aromatic rings. The average molecular weight is 307 g/mol. The van der Waals surface area contributed by atoms with Gasteiger partial charge in [-0.25, -0.2) is 0 Å². The van der Waals surface area contributed by atoms with Gasteiger partial charge in [-0.3, -0.25) is 0 Å². The summed E-state index contributed by atoms with van der Waals surface area (Å²) in [5.41, 5.74) is 8.57. The van der Waals surface area contributed by atoms with Crippen LogP contribution in [0.3, 0.4) is 0 Å². The average Bonchev–Trinajstić information content (AvgIpc) is 2.32. The predicted octanol–water partition coefficient (Wildman–Crippen LogP) is 3.37. The summed E-state index contributed by atoms with van der Waals surface area (Å²) >= 11 is 3.51. The monoisotopic (exact) mass is 306 g/mol. The lowest BCUT2D eigenvalue weighted by Crippen LogP contribution is -2.16. The minimum absolute atomic E-state index is 0.274. The number of phenolic OH excluding ortho intramolecular Hbond substituents is 1. The molecule has 94 valence electrons. The van der Waals surface area contributed by atoms with Crippen LogP contribution < -0.4 is 10.6 Å². The molecule has 18 heavy (non-hydrogen) atoms. The number of nitrogens with zero attached hydrogens (tertiary/aromatic N) is 1. The fourth-order valence-corrected chi connectivity index (χ4v) is 2.29. The molecule has 0 spiro atoms. The van der Waals surface area contributed by atoms with Gasteiger partial charge in [0.05, 0.1) is 0 Å². The maximum absolute atomic E-state index is 9.47. The van der Waals surface area contributed by atoms with Gasteiger partial charge in [0.1, 0.15) is 5.75 Å². The number of halogens is 1. The van der Waals surface area contributed by atoms with Gasteiger partial charge in [-0.2, -0.15) is 0 Å². The first kappa shape index (κ1) is 12.8. The summed E-state index contributed by atoms with van der Waals surface area (Å²) in [6.07, 6.45) is 0. The Hall–Kier alpha value is -1.68. The van der Waals surface area contributed by atoms with Crippen molar-refractivity contribution in [3.8, 4) is 5.75 Å². The SMILES string of the molecule is CN(Cc1ccc(N)cc1Br)c1cccc(O)c1. The smallest absolute Gasteiger partial charge is 0.117 e. The summed E-state index contributed by atoms with van der Waals surface area (Å²) < 4.78 is 0.995. The van der Waals surface area contributed by atoms with Crippen LogP contribution >= 0.6 is 15.9 Å². The van der Waals surface area contributed by atoms with E-state index in [0.717, 1.165) is 28.0 Å². The number of hydrogen-bond acceptors (Lipinski definition) is 3. The molecule has 0 saturated carbocycles. The molecule has 3 N–H and O–H groups in total. The molecule has 0 aliphatic carbocycles. The Morgan fingerprint density at radius 1 is 1.22 bits per heavy atom. The van der Waals surface area contributed by atoms with Crippen molar-refractivity contribution in [2.75, 3.05) is 17.7 Å². The summed E-state index contributed by atoms with van der Waals surface area (Å²) in [6, 6.07) is 13.0. The number of phenols is 1. The molecule has 0 unspecified atom stereocenters. The predicted molar refractivity (Wildman–Crippen MR) is 78.8 cm³/mol. The Bertz CT molecular complexity index is 557. The Balaban J connectivity index is 2.18. The van der Waals surface area contributed by atoms with Crippen LogP contribution in [0.1, 0.15) is 5.56 Å². The number of benzene rings is 2. The zero-order valence-electron chi connectivity index (χ0n) is 10.1. The van der Waals surface area contributed by atoms with Crippen molar-refractivity contribution in [1.82, 2.24) is 0 Å². The number of nitrogen functional groups attached to an aromatic ring is 1. The van der Waals surface area contributed by atoms with Crippen molar-refractivity contribution in [2.24, 2.45) is 0 Å². The largest absolute Gasteiger partial charge is 0.508 e. The van der Waals surface area contributed by atoms with Crippen LogP contribution in [0.5, 0.6) is 5.75 Å². The number of nitrogens with two attached hydrogens (primary N) is 1. The molecule has 0 bridgehead atoms. The number of hydrogen-bond donors (Lipinski definition) is 2. The van der Waals surface area contributed by atoms with Gasteiger partial charge in [-0.15, -0.1) is 0 Å². The molecule has 0 aliphatic rings. The highest BCUT2D eigenvalue weighted by Crippen LogP contribution is 2.24. The second-order valence-corrected chi connectivity index (χ2v) is 5.08. The second-order valence-electron chi connectivity index (χ2n) is 4.23. The summed E-state index contributed by atoms with van der Waals surface area (Å²) in [5, 5.41) is 9.47. The highest BCUT2D eigenvalue weighted by molar-refractivity contribution is 9.10. The van der Waals surface area contributed by atoms with E-state index in [4.69, 9.17) is 5.73 Å². The minimum atomic E-state index is 0.274. The van der Waals surface area contributed by atoms with Gasteiger partial charge in [0.2, 0.25) is 0 Å². The zero-order chi connectivity index (χ0) is 13.1. The van der Waals surface area contributed by atoms with Crippen LogP contribution in [-0.2, 0) is 6.54 Å². The van der Waals surface area contributed by atoms with E-state index in [-0.39, 0.29) is 5.75 Å². The Morgan fingerprint density at radius 3 is 2.67 bits per heavy atom. The lowest BCUT2D eigenvalue weighted by atomic mass is 10.2. The maximum Gasteiger partial charge on any atom is 0.117 e. The van der Waals surface area contributed by atoms with Crippen molar-refractivity contribution in [3.05, 3.63) is 52.5 Å². The lowest BCUT2D eigenvalue weighted by molar-refractivity contribution is 0.475. The minimum Gasteiger partial charge on any atom is -0.508 e. The van der Waals surface area contributed by atoms with Crippen LogP contribution in [0.4, 0.5) is 11.4 Å². The molecular weight excluding hydrogens is 292 g/mol. The Kier molecular flexibility index (Phi) is 3.77. The molecule has 0 saturated heterocycles. The Labute approximate surface area is 115 Å². The van der Waals surface area contributed by atoms with Gasteiger partial charge in [-0.1, -0.05) is 28.1 Å². The topological polar surface area (TPSA) is 49.5 Å². The molecule has 0 heterocycles. The molecule has 0 amide bonds. The summed E-state index contributed by atoms with van der Waals surface area (Å²) in [4.78, 5) is 2.07. The van der Waals surface area contributed by atoms with Crippen molar-refractivity contribution in [1.29, 1.82) is 0 Å². The molecule has 0 aromatic heterocycles. The molecule has 3 nitrogen and oxygen atoms in total. The highest BCUT2D eigenvalue weighted by atomic mass is 79.9. The van der Waals surface area contributed by atoms with E-state index in [1.165, 1.54) is 0 Å². The number of rotatable bonds is 3. The molecular formula is C14H15BrN2O. The van der Waals surface area contributed by atoms with Gasteiger partial charge in [0.15, 0.2) is 0 Å².